The van der Waals surface area contributed by atoms with E-state index in [1.807, 2.05) is 23.6 Å². The van der Waals surface area contributed by atoms with E-state index in [1.54, 1.807) is 17.5 Å². The number of rotatable bonds is 5. The van der Waals surface area contributed by atoms with Crippen LogP contribution in [0.5, 0.6) is 0 Å². The summed E-state index contributed by atoms with van der Waals surface area (Å²) in [5.41, 5.74) is 1.73. The molecule has 2 aromatic rings. The molecular formula is C18H23N3OS. The lowest BCUT2D eigenvalue weighted by molar-refractivity contribution is -0.133. The SMILES string of the molecule is CCN(C(=O)Cc1csc(-c2ccccn2)n1)C1CCCCC1. The highest BCUT2D eigenvalue weighted by molar-refractivity contribution is 7.13. The maximum absolute atomic E-state index is 12.7. The Morgan fingerprint density at radius 1 is 1.30 bits per heavy atom. The molecule has 23 heavy (non-hydrogen) atoms. The second-order valence-electron chi connectivity index (χ2n) is 6.01. The summed E-state index contributed by atoms with van der Waals surface area (Å²) in [4.78, 5) is 23.6. The third-order valence-corrected chi connectivity index (χ3v) is 5.36. The summed E-state index contributed by atoms with van der Waals surface area (Å²) >= 11 is 1.56. The van der Waals surface area contributed by atoms with Crippen LogP contribution in [0.25, 0.3) is 10.7 Å². The molecule has 0 bridgehead atoms. The van der Waals surface area contributed by atoms with Gasteiger partial charge in [-0.1, -0.05) is 25.3 Å². The van der Waals surface area contributed by atoms with Crippen LogP contribution in [-0.4, -0.2) is 33.4 Å². The van der Waals surface area contributed by atoms with Gasteiger partial charge in [-0.15, -0.1) is 11.3 Å². The van der Waals surface area contributed by atoms with E-state index in [9.17, 15) is 4.79 Å². The van der Waals surface area contributed by atoms with Crippen LogP contribution in [0.15, 0.2) is 29.8 Å². The van der Waals surface area contributed by atoms with Crippen molar-refractivity contribution in [3.05, 3.63) is 35.5 Å². The zero-order chi connectivity index (χ0) is 16.1. The lowest BCUT2D eigenvalue weighted by atomic mass is 9.94. The van der Waals surface area contributed by atoms with Gasteiger partial charge in [0.1, 0.15) is 5.01 Å². The van der Waals surface area contributed by atoms with Crippen LogP contribution in [0.4, 0.5) is 0 Å². The summed E-state index contributed by atoms with van der Waals surface area (Å²) in [5.74, 6) is 0.206. The van der Waals surface area contributed by atoms with Gasteiger partial charge < -0.3 is 4.90 Å². The maximum atomic E-state index is 12.7. The Bertz CT molecular complexity index is 635. The molecule has 0 spiro atoms. The number of hydrogen-bond acceptors (Lipinski definition) is 4. The van der Waals surface area contributed by atoms with Gasteiger partial charge in [-0.2, -0.15) is 0 Å². The Morgan fingerprint density at radius 2 is 2.13 bits per heavy atom. The molecule has 5 heteroatoms. The van der Waals surface area contributed by atoms with Gasteiger partial charge in [0.05, 0.1) is 17.8 Å². The number of nitrogens with zero attached hydrogens (tertiary/aromatic N) is 3. The first kappa shape index (κ1) is 16.1. The molecule has 0 saturated heterocycles. The van der Waals surface area contributed by atoms with Gasteiger partial charge in [-0.3, -0.25) is 9.78 Å². The number of amides is 1. The predicted molar refractivity (Wildman–Crippen MR) is 93.3 cm³/mol. The predicted octanol–water partition coefficient (Wildman–Crippen LogP) is 3.93. The summed E-state index contributed by atoms with van der Waals surface area (Å²) in [6.07, 6.45) is 8.26. The number of likely N-dealkylation sites (N-methyl/N-ethyl adjacent to an activating group) is 1. The van der Waals surface area contributed by atoms with E-state index in [4.69, 9.17) is 0 Å². The van der Waals surface area contributed by atoms with Crippen molar-refractivity contribution in [1.29, 1.82) is 0 Å². The molecule has 1 aliphatic carbocycles. The minimum Gasteiger partial charge on any atom is -0.340 e. The second-order valence-corrected chi connectivity index (χ2v) is 6.87. The second kappa shape index (κ2) is 7.68. The fourth-order valence-electron chi connectivity index (χ4n) is 3.28. The van der Waals surface area contributed by atoms with E-state index in [0.717, 1.165) is 35.8 Å². The van der Waals surface area contributed by atoms with E-state index in [1.165, 1.54) is 19.3 Å². The van der Waals surface area contributed by atoms with E-state index < -0.39 is 0 Å². The molecule has 3 rings (SSSR count). The number of carbonyl (C=O) groups excluding carboxylic acids is 1. The van der Waals surface area contributed by atoms with Crippen LogP contribution >= 0.6 is 11.3 Å². The Balaban J connectivity index is 1.66. The first-order valence-corrected chi connectivity index (χ1v) is 9.31. The van der Waals surface area contributed by atoms with E-state index in [-0.39, 0.29) is 5.91 Å². The minimum absolute atomic E-state index is 0.206. The molecule has 1 amide bonds. The quantitative estimate of drug-likeness (QED) is 0.835. The van der Waals surface area contributed by atoms with Gasteiger partial charge in [-0.05, 0) is 31.9 Å². The average Bonchev–Trinajstić information content (AvgIpc) is 3.06. The smallest absolute Gasteiger partial charge is 0.228 e. The number of thiazole rings is 1. The first-order chi connectivity index (χ1) is 11.3. The zero-order valence-corrected chi connectivity index (χ0v) is 14.4. The van der Waals surface area contributed by atoms with Crippen molar-refractivity contribution in [2.24, 2.45) is 0 Å². The fourth-order valence-corrected chi connectivity index (χ4v) is 4.08. The van der Waals surface area contributed by atoms with Crippen LogP contribution in [0.3, 0.4) is 0 Å². The van der Waals surface area contributed by atoms with Gasteiger partial charge in [0, 0.05) is 24.2 Å². The molecule has 2 aromatic heterocycles. The molecule has 0 atom stereocenters. The standard InChI is InChI=1S/C18H23N3OS/c1-2-21(15-8-4-3-5-9-15)17(22)12-14-13-23-18(20-14)16-10-6-7-11-19-16/h6-7,10-11,13,15H,2-5,8-9,12H2,1H3. The highest BCUT2D eigenvalue weighted by Crippen LogP contribution is 2.25. The monoisotopic (exact) mass is 329 g/mol. The van der Waals surface area contributed by atoms with Crippen molar-refractivity contribution < 1.29 is 4.79 Å². The van der Waals surface area contributed by atoms with Crippen LogP contribution in [0.2, 0.25) is 0 Å². The summed E-state index contributed by atoms with van der Waals surface area (Å²) < 4.78 is 0. The normalized spacial score (nSPS) is 15.5. The van der Waals surface area contributed by atoms with Crippen molar-refractivity contribution in [1.82, 2.24) is 14.9 Å². The molecule has 1 aliphatic rings. The highest BCUT2D eigenvalue weighted by Gasteiger charge is 2.24. The Labute approximate surface area is 141 Å². The lowest BCUT2D eigenvalue weighted by Gasteiger charge is -2.33. The van der Waals surface area contributed by atoms with Crippen molar-refractivity contribution in [3.63, 3.8) is 0 Å². The molecule has 0 radical (unpaired) electrons. The van der Waals surface area contributed by atoms with Crippen LogP contribution in [0.1, 0.15) is 44.7 Å². The van der Waals surface area contributed by atoms with Gasteiger partial charge in [0.25, 0.3) is 0 Å². The number of aromatic nitrogens is 2. The molecule has 0 N–H and O–H groups in total. The Kier molecular flexibility index (Phi) is 5.39. The summed E-state index contributed by atoms with van der Waals surface area (Å²) in [5, 5.41) is 2.87. The Morgan fingerprint density at radius 3 is 2.83 bits per heavy atom. The van der Waals surface area contributed by atoms with Crippen LogP contribution < -0.4 is 0 Å². The van der Waals surface area contributed by atoms with Crippen molar-refractivity contribution in [2.75, 3.05) is 6.54 Å². The van der Waals surface area contributed by atoms with Gasteiger partial charge in [0.2, 0.25) is 5.91 Å². The van der Waals surface area contributed by atoms with Crippen molar-refractivity contribution >= 4 is 17.2 Å². The number of hydrogen-bond donors (Lipinski definition) is 0. The number of carbonyl (C=O) groups is 1. The summed E-state index contributed by atoms with van der Waals surface area (Å²) in [6.45, 7) is 2.87. The highest BCUT2D eigenvalue weighted by atomic mass is 32.1. The topological polar surface area (TPSA) is 46.1 Å². The number of pyridine rings is 1. The van der Waals surface area contributed by atoms with E-state index >= 15 is 0 Å². The Hall–Kier alpha value is -1.75. The van der Waals surface area contributed by atoms with Gasteiger partial charge >= 0.3 is 0 Å². The molecular weight excluding hydrogens is 306 g/mol. The lowest BCUT2D eigenvalue weighted by Crippen LogP contribution is -2.42. The molecule has 1 fully saturated rings. The third kappa shape index (κ3) is 3.96. The molecule has 2 heterocycles. The summed E-state index contributed by atoms with van der Waals surface area (Å²) in [7, 11) is 0. The molecule has 0 unspecified atom stereocenters. The van der Waals surface area contributed by atoms with Crippen molar-refractivity contribution in [2.45, 2.75) is 51.5 Å². The first-order valence-electron chi connectivity index (χ1n) is 8.43. The van der Waals surface area contributed by atoms with Crippen LogP contribution in [0, 0.1) is 0 Å². The molecule has 0 aliphatic heterocycles. The average molecular weight is 329 g/mol. The van der Waals surface area contributed by atoms with Gasteiger partial charge in [0.15, 0.2) is 0 Å². The van der Waals surface area contributed by atoms with Crippen molar-refractivity contribution in [3.8, 4) is 10.7 Å². The summed E-state index contributed by atoms with van der Waals surface area (Å²) in [6, 6.07) is 6.22. The fraction of sp³-hybridized carbons (Fsp3) is 0.500. The van der Waals surface area contributed by atoms with Gasteiger partial charge in [-0.25, -0.2) is 4.98 Å². The largest absolute Gasteiger partial charge is 0.340 e. The molecule has 4 nitrogen and oxygen atoms in total. The third-order valence-electron chi connectivity index (χ3n) is 4.44. The minimum atomic E-state index is 0.206. The molecule has 122 valence electrons. The van der Waals surface area contributed by atoms with E-state index in [2.05, 4.69) is 21.8 Å². The molecule has 0 aromatic carbocycles. The van der Waals surface area contributed by atoms with E-state index in [0.29, 0.717) is 12.5 Å². The molecule has 1 saturated carbocycles. The van der Waals surface area contributed by atoms with Crippen LogP contribution in [-0.2, 0) is 11.2 Å². The zero-order valence-electron chi connectivity index (χ0n) is 13.6. The maximum Gasteiger partial charge on any atom is 0.228 e.